The Balaban J connectivity index is 2.16. The van der Waals surface area contributed by atoms with E-state index >= 15 is 0 Å². The highest BCUT2D eigenvalue weighted by atomic mass is 16.6. The SMILES string of the molecule is CC(C)C(=O)COC(=O)COCc1ccccc1. The maximum atomic E-state index is 11.3. The molecule has 4 heteroatoms. The summed E-state index contributed by atoms with van der Waals surface area (Å²) in [6.07, 6.45) is 0. The summed E-state index contributed by atoms with van der Waals surface area (Å²) >= 11 is 0. The van der Waals surface area contributed by atoms with Gasteiger partial charge in [-0.15, -0.1) is 0 Å². The molecule has 0 fully saturated rings. The van der Waals surface area contributed by atoms with E-state index in [1.54, 1.807) is 13.8 Å². The Labute approximate surface area is 107 Å². The van der Waals surface area contributed by atoms with Crippen molar-refractivity contribution in [3.63, 3.8) is 0 Å². The van der Waals surface area contributed by atoms with Crippen molar-refractivity contribution in [2.24, 2.45) is 5.92 Å². The van der Waals surface area contributed by atoms with Crippen molar-refractivity contribution in [2.75, 3.05) is 13.2 Å². The first-order valence-corrected chi connectivity index (χ1v) is 5.89. The lowest BCUT2D eigenvalue weighted by Crippen LogP contribution is -2.20. The van der Waals surface area contributed by atoms with Crippen LogP contribution >= 0.6 is 0 Å². The molecule has 0 N–H and O–H groups in total. The van der Waals surface area contributed by atoms with Crippen molar-refractivity contribution in [1.29, 1.82) is 0 Å². The third kappa shape index (κ3) is 5.59. The number of esters is 1. The molecule has 0 aromatic heterocycles. The van der Waals surface area contributed by atoms with Crippen molar-refractivity contribution >= 4 is 11.8 Å². The van der Waals surface area contributed by atoms with E-state index in [0.717, 1.165) is 5.56 Å². The number of hydrogen-bond acceptors (Lipinski definition) is 4. The number of rotatable bonds is 7. The van der Waals surface area contributed by atoms with Crippen molar-refractivity contribution in [3.8, 4) is 0 Å². The van der Waals surface area contributed by atoms with Gasteiger partial charge >= 0.3 is 5.97 Å². The average Bonchev–Trinajstić information content (AvgIpc) is 2.37. The Bertz CT molecular complexity index is 384. The van der Waals surface area contributed by atoms with Gasteiger partial charge in [-0.3, -0.25) is 4.79 Å². The van der Waals surface area contributed by atoms with E-state index in [9.17, 15) is 9.59 Å². The van der Waals surface area contributed by atoms with Gasteiger partial charge in [0.05, 0.1) is 6.61 Å². The highest BCUT2D eigenvalue weighted by molar-refractivity contribution is 5.84. The second kappa shape index (κ2) is 7.61. The predicted molar refractivity (Wildman–Crippen MR) is 66.9 cm³/mol. The van der Waals surface area contributed by atoms with E-state index in [1.165, 1.54) is 0 Å². The molecule has 1 aromatic rings. The zero-order valence-electron chi connectivity index (χ0n) is 10.7. The molecule has 0 saturated heterocycles. The molecule has 0 aliphatic rings. The molecule has 1 rings (SSSR count). The number of ether oxygens (including phenoxy) is 2. The first-order valence-electron chi connectivity index (χ1n) is 5.89. The highest BCUT2D eigenvalue weighted by Crippen LogP contribution is 2.00. The van der Waals surface area contributed by atoms with Gasteiger partial charge in [0.25, 0.3) is 0 Å². The summed E-state index contributed by atoms with van der Waals surface area (Å²) in [5, 5.41) is 0. The molecule has 0 amide bonds. The maximum Gasteiger partial charge on any atom is 0.332 e. The van der Waals surface area contributed by atoms with Gasteiger partial charge in [0.2, 0.25) is 0 Å². The maximum absolute atomic E-state index is 11.3. The summed E-state index contributed by atoms with van der Waals surface area (Å²) in [4.78, 5) is 22.5. The summed E-state index contributed by atoms with van der Waals surface area (Å²) < 4.78 is 9.98. The molecule has 4 nitrogen and oxygen atoms in total. The summed E-state index contributed by atoms with van der Waals surface area (Å²) in [6.45, 7) is 3.57. The molecule has 98 valence electrons. The molecular weight excluding hydrogens is 232 g/mol. The van der Waals surface area contributed by atoms with Crippen molar-refractivity contribution in [2.45, 2.75) is 20.5 Å². The molecular formula is C14H18O4. The van der Waals surface area contributed by atoms with Gasteiger partial charge in [-0.05, 0) is 5.56 Å². The van der Waals surface area contributed by atoms with Gasteiger partial charge < -0.3 is 9.47 Å². The van der Waals surface area contributed by atoms with Crippen LogP contribution in [0.1, 0.15) is 19.4 Å². The molecule has 1 aromatic carbocycles. The zero-order valence-corrected chi connectivity index (χ0v) is 10.7. The van der Waals surface area contributed by atoms with Gasteiger partial charge in [-0.1, -0.05) is 44.2 Å². The molecule has 0 atom stereocenters. The summed E-state index contributed by atoms with van der Waals surface area (Å²) in [6, 6.07) is 9.53. The van der Waals surface area contributed by atoms with Crippen LogP contribution in [0.15, 0.2) is 30.3 Å². The molecule has 0 radical (unpaired) electrons. The lowest BCUT2D eigenvalue weighted by molar-refractivity contribution is -0.153. The summed E-state index contributed by atoms with van der Waals surface area (Å²) in [5.41, 5.74) is 0.989. The monoisotopic (exact) mass is 250 g/mol. The van der Waals surface area contributed by atoms with Gasteiger partial charge in [0, 0.05) is 5.92 Å². The van der Waals surface area contributed by atoms with Crippen LogP contribution in [0.3, 0.4) is 0 Å². The quantitative estimate of drug-likeness (QED) is 0.694. The predicted octanol–water partition coefficient (Wildman–Crippen LogP) is 1.97. The largest absolute Gasteiger partial charge is 0.456 e. The van der Waals surface area contributed by atoms with E-state index < -0.39 is 5.97 Å². The van der Waals surface area contributed by atoms with Crippen LogP contribution < -0.4 is 0 Å². The van der Waals surface area contributed by atoms with Gasteiger partial charge in [0.15, 0.2) is 5.78 Å². The Morgan fingerprint density at radius 2 is 1.78 bits per heavy atom. The van der Waals surface area contributed by atoms with Crippen LogP contribution in [0.4, 0.5) is 0 Å². The molecule has 0 spiro atoms. The van der Waals surface area contributed by atoms with Crippen LogP contribution in [-0.2, 0) is 25.7 Å². The Morgan fingerprint density at radius 3 is 2.39 bits per heavy atom. The second-order valence-electron chi connectivity index (χ2n) is 4.26. The summed E-state index contributed by atoms with van der Waals surface area (Å²) in [5.74, 6) is -0.727. The van der Waals surface area contributed by atoms with E-state index in [2.05, 4.69) is 0 Å². The number of benzene rings is 1. The van der Waals surface area contributed by atoms with Crippen LogP contribution in [0, 0.1) is 5.92 Å². The molecule has 0 bridgehead atoms. The van der Waals surface area contributed by atoms with Gasteiger partial charge in [-0.25, -0.2) is 4.79 Å². The first-order chi connectivity index (χ1) is 8.59. The van der Waals surface area contributed by atoms with E-state index in [-0.39, 0.29) is 24.9 Å². The smallest absolute Gasteiger partial charge is 0.332 e. The summed E-state index contributed by atoms with van der Waals surface area (Å²) in [7, 11) is 0. The Morgan fingerprint density at radius 1 is 1.11 bits per heavy atom. The zero-order chi connectivity index (χ0) is 13.4. The minimum Gasteiger partial charge on any atom is -0.456 e. The van der Waals surface area contributed by atoms with Crippen molar-refractivity contribution in [3.05, 3.63) is 35.9 Å². The fourth-order valence-corrected chi connectivity index (χ4v) is 1.19. The molecule has 0 saturated carbocycles. The fraction of sp³-hybridized carbons (Fsp3) is 0.429. The molecule has 0 aliphatic heterocycles. The number of Topliss-reactive ketones (excluding diaryl/α,β-unsaturated/α-hetero) is 1. The third-order valence-corrected chi connectivity index (χ3v) is 2.35. The minimum absolute atomic E-state index is 0.0913. The molecule has 0 heterocycles. The van der Waals surface area contributed by atoms with Crippen LogP contribution in [0.2, 0.25) is 0 Å². The number of hydrogen-bond donors (Lipinski definition) is 0. The first kappa shape index (κ1) is 14.4. The second-order valence-corrected chi connectivity index (χ2v) is 4.26. The Kier molecular flexibility index (Phi) is 6.08. The standard InChI is InChI=1S/C14H18O4/c1-11(2)13(15)9-18-14(16)10-17-8-12-6-4-3-5-7-12/h3-7,11H,8-10H2,1-2H3. The lowest BCUT2D eigenvalue weighted by atomic mass is 10.1. The highest BCUT2D eigenvalue weighted by Gasteiger charge is 2.10. The average molecular weight is 250 g/mol. The van der Waals surface area contributed by atoms with Gasteiger partial charge in [0.1, 0.15) is 13.2 Å². The molecule has 18 heavy (non-hydrogen) atoms. The number of carbonyl (C=O) groups is 2. The van der Waals surface area contributed by atoms with Crippen LogP contribution in [0.5, 0.6) is 0 Å². The molecule has 0 aliphatic carbocycles. The third-order valence-electron chi connectivity index (χ3n) is 2.35. The van der Waals surface area contributed by atoms with Crippen LogP contribution in [0.25, 0.3) is 0 Å². The van der Waals surface area contributed by atoms with Crippen molar-refractivity contribution in [1.82, 2.24) is 0 Å². The molecule has 0 unspecified atom stereocenters. The van der Waals surface area contributed by atoms with Crippen molar-refractivity contribution < 1.29 is 19.1 Å². The fourth-order valence-electron chi connectivity index (χ4n) is 1.19. The Hall–Kier alpha value is -1.68. The number of carbonyl (C=O) groups excluding carboxylic acids is 2. The van der Waals surface area contributed by atoms with E-state index in [0.29, 0.717) is 6.61 Å². The van der Waals surface area contributed by atoms with E-state index in [4.69, 9.17) is 9.47 Å². The minimum atomic E-state index is -0.514. The van der Waals surface area contributed by atoms with Gasteiger partial charge in [-0.2, -0.15) is 0 Å². The van der Waals surface area contributed by atoms with E-state index in [1.807, 2.05) is 30.3 Å². The topological polar surface area (TPSA) is 52.6 Å². The normalized spacial score (nSPS) is 10.4. The number of ketones is 1. The van der Waals surface area contributed by atoms with Crippen LogP contribution in [-0.4, -0.2) is 25.0 Å². The lowest BCUT2D eigenvalue weighted by Gasteiger charge is -2.07.